The second-order valence-electron chi connectivity index (χ2n) is 4.28. The Morgan fingerprint density at radius 3 is 2.62 bits per heavy atom. The Bertz CT molecular complexity index is 151. The number of fused-ring (bicyclic) bond motifs is 1. The molecule has 2 aliphatic rings. The topological polar surface area (TPSA) is 24.5 Å². The second-order valence-corrected chi connectivity index (χ2v) is 4.28. The molecule has 2 fully saturated rings. The molecular formula is C10H20N2O. The molecule has 0 radical (unpaired) electrons. The molecule has 0 bridgehead atoms. The molecule has 76 valence electrons. The van der Waals surface area contributed by atoms with E-state index in [1.165, 1.54) is 39.1 Å². The Labute approximate surface area is 80.4 Å². The van der Waals surface area contributed by atoms with E-state index in [1.807, 2.05) is 0 Å². The normalized spacial score (nSPS) is 33.9. The number of nitrogens with zero attached hydrogens (tertiary/aromatic N) is 1. The number of hydrogen-bond acceptors (Lipinski definition) is 3. The van der Waals surface area contributed by atoms with Crippen molar-refractivity contribution in [1.29, 1.82) is 0 Å². The van der Waals surface area contributed by atoms with Crippen LogP contribution in [0.5, 0.6) is 0 Å². The third kappa shape index (κ3) is 2.22. The Hall–Kier alpha value is -0.120. The third-order valence-electron chi connectivity index (χ3n) is 3.29. The van der Waals surface area contributed by atoms with Crippen LogP contribution in [0.15, 0.2) is 0 Å². The average Bonchev–Trinajstić information content (AvgIpc) is 2.64. The largest absolute Gasteiger partial charge is 0.385 e. The first kappa shape index (κ1) is 9.44. The van der Waals surface area contributed by atoms with Gasteiger partial charge in [0.25, 0.3) is 0 Å². The Balaban J connectivity index is 1.67. The number of ether oxygens (including phenoxy) is 1. The van der Waals surface area contributed by atoms with E-state index in [9.17, 15) is 0 Å². The lowest BCUT2D eigenvalue weighted by Crippen LogP contribution is -2.27. The van der Waals surface area contributed by atoms with E-state index < -0.39 is 0 Å². The fraction of sp³-hybridized carbons (Fsp3) is 1.00. The van der Waals surface area contributed by atoms with Crippen molar-refractivity contribution in [2.45, 2.75) is 6.42 Å². The van der Waals surface area contributed by atoms with Crippen molar-refractivity contribution in [3.8, 4) is 0 Å². The average molecular weight is 184 g/mol. The van der Waals surface area contributed by atoms with Crippen molar-refractivity contribution in [3.05, 3.63) is 0 Å². The Morgan fingerprint density at radius 1 is 1.31 bits per heavy atom. The summed E-state index contributed by atoms with van der Waals surface area (Å²) in [4.78, 5) is 2.59. The first-order chi connectivity index (χ1) is 6.40. The van der Waals surface area contributed by atoms with Gasteiger partial charge in [-0.25, -0.2) is 0 Å². The van der Waals surface area contributed by atoms with Crippen LogP contribution >= 0.6 is 0 Å². The highest BCUT2D eigenvalue weighted by Crippen LogP contribution is 2.25. The zero-order valence-electron chi connectivity index (χ0n) is 8.46. The smallest absolute Gasteiger partial charge is 0.0474 e. The Kier molecular flexibility index (Phi) is 3.19. The summed E-state index contributed by atoms with van der Waals surface area (Å²) in [5.41, 5.74) is 0. The van der Waals surface area contributed by atoms with Crippen LogP contribution in [0, 0.1) is 11.8 Å². The molecule has 2 aliphatic heterocycles. The van der Waals surface area contributed by atoms with E-state index in [2.05, 4.69) is 10.2 Å². The van der Waals surface area contributed by atoms with Gasteiger partial charge in [0.2, 0.25) is 0 Å². The van der Waals surface area contributed by atoms with Crippen molar-refractivity contribution in [2.24, 2.45) is 11.8 Å². The first-order valence-electron chi connectivity index (χ1n) is 5.32. The fourth-order valence-electron chi connectivity index (χ4n) is 2.57. The van der Waals surface area contributed by atoms with E-state index in [1.54, 1.807) is 7.11 Å². The standard InChI is InChI=1S/C10H20N2O/c1-13-4-2-3-12-7-9-5-11-6-10(9)8-12/h9-11H,2-8H2,1H3/t9-,10+. The van der Waals surface area contributed by atoms with Crippen LogP contribution in [-0.4, -0.2) is 51.3 Å². The minimum atomic E-state index is 0.907. The molecule has 0 aromatic rings. The van der Waals surface area contributed by atoms with Crippen molar-refractivity contribution < 1.29 is 4.74 Å². The van der Waals surface area contributed by atoms with Crippen molar-refractivity contribution in [2.75, 3.05) is 46.4 Å². The van der Waals surface area contributed by atoms with Gasteiger partial charge in [0.1, 0.15) is 0 Å². The van der Waals surface area contributed by atoms with Gasteiger partial charge in [-0.05, 0) is 31.3 Å². The van der Waals surface area contributed by atoms with Gasteiger partial charge >= 0.3 is 0 Å². The van der Waals surface area contributed by atoms with E-state index in [0.717, 1.165) is 18.4 Å². The summed E-state index contributed by atoms with van der Waals surface area (Å²) in [5, 5.41) is 3.46. The maximum Gasteiger partial charge on any atom is 0.0474 e. The molecule has 3 nitrogen and oxygen atoms in total. The van der Waals surface area contributed by atoms with Gasteiger partial charge in [-0.1, -0.05) is 0 Å². The van der Waals surface area contributed by atoms with Crippen molar-refractivity contribution in [1.82, 2.24) is 10.2 Å². The molecule has 0 aromatic heterocycles. The molecule has 0 aliphatic carbocycles. The van der Waals surface area contributed by atoms with Crippen LogP contribution in [0.2, 0.25) is 0 Å². The molecule has 0 aromatic carbocycles. The van der Waals surface area contributed by atoms with Crippen LogP contribution in [0.1, 0.15) is 6.42 Å². The first-order valence-corrected chi connectivity index (χ1v) is 5.32. The molecule has 2 heterocycles. The van der Waals surface area contributed by atoms with Crippen LogP contribution < -0.4 is 5.32 Å². The minimum absolute atomic E-state index is 0.907. The highest BCUT2D eigenvalue weighted by molar-refractivity contribution is 4.90. The molecular weight excluding hydrogens is 164 g/mol. The molecule has 3 heteroatoms. The van der Waals surface area contributed by atoms with Gasteiger partial charge in [-0.2, -0.15) is 0 Å². The molecule has 0 unspecified atom stereocenters. The highest BCUT2D eigenvalue weighted by atomic mass is 16.5. The predicted octanol–water partition coefficient (Wildman–Crippen LogP) is 0.174. The lowest BCUT2D eigenvalue weighted by atomic mass is 10.0. The predicted molar refractivity (Wildman–Crippen MR) is 52.8 cm³/mol. The van der Waals surface area contributed by atoms with Crippen molar-refractivity contribution in [3.63, 3.8) is 0 Å². The monoisotopic (exact) mass is 184 g/mol. The Morgan fingerprint density at radius 2 is 2.00 bits per heavy atom. The zero-order valence-corrected chi connectivity index (χ0v) is 8.46. The van der Waals surface area contributed by atoms with Crippen LogP contribution in [0.3, 0.4) is 0 Å². The van der Waals surface area contributed by atoms with E-state index >= 15 is 0 Å². The van der Waals surface area contributed by atoms with Gasteiger partial charge in [0, 0.05) is 33.4 Å². The zero-order chi connectivity index (χ0) is 9.10. The SMILES string of the molecule is COCCCN1C[C@H]2CNC[C@H]2C1. The van der Waals surface area contributed by atoms with Gasteiger partial charge in [-0.3, -0.25) is 0 Å². The van der Waals surface area contributed by atoms with E-state index in [0.29, 0.717) is 0 Å². The summed E-state index contributed by atoms with van der Waals surface area (Å²) in [6.07, 6.45) is 1.18. The van der Waals surface area contributed by atoms with Crippen molar-refractivity contribution >= 4 is 0 Å². The highest BCUT2D eigenvalue weighted by Gasteiger charge is 2.35. The third-order valence-corrected chi connectivity index (χ3v) is 3.29. The van der Waals surface area contributed by atoms with E-state index in [4.69, 9.17) is 4.74 Å². The molecule has 1 N–H and O–H groups in total. The molecule has 0 saturated carbocycles. The molecule has 2 atom stereocenters. The maximum atomic E-state index is 5.06. The quantitative estimate of drug-likeness (QED) is 0.631. The number of nitrogens with one attached hydrogen (secondary N) is 1. The number of likely N-dealkylation sites (tertiary alicyclic amines) is 1. The summed E-state index contributed by atoms with van der Waals surface area (Å²) in [5.74, 6) is 1.87. The summed E-state index contributed by atoms with van der Waals surface area (Å²) >= 11 is 0. The fourth-order valence-corrected chi connectivity index (χ4v) is 2.57. The van der Waals surface area contributed by atoms with Crippen LogP contribution in [-0.2, 0) is 4.74 Å². The van der Waals surface area contributed by atoms with Gasteiger partial charge in [0.05, 0.1) is 0 Å². The number of rotatable bonds is 4. The summed E-state index contributed by atoms with van der Waals surface area (Å²) in [6.45, 7) is 7.23. The lowest BCUT2D eigenvalue weighted by molar-refractivity contribution is 0.177. The van der Waals surface area contributed by atoms with Gasteiger partial charge < -0.3 is 15.0 Å². The lowest BCUT2D eigenvalue weighted by Gasteiger charge is -2.16. The molecule has 2 saturated heterocycles. The molecule has 0 amide bonds. The number of hydrogen-bond donors (Lipinski definition) is 1. The van der Waals surface area contributed by atoms with Crippen LogP contribution in [0.25, 0.3) is 0 Å². The maximum absolute atomic E-state index is 5.06. The minimum Gasteiger partial charge on any atom is -0.385 e. The van der Waals surface area contributed by atoms with Gasteiger partial charge in [-0.15, -0.1) is 0 Å². The van der Waals surface area contributed by atoms with Crippen LogP contribution in [0.4, 0.5) is 0 Å². The summed E-state index contributed by atoms with van der Waals surface area (Å²) in [6, 6.07) is 0. The molecule has 0 spiro atoms. The number of methoxy groups -OCH3 is 1. The summed E-state index contributed by atoms with van der Waals surface area (Å²) < 4.78 is 5.06. The molecule has 2 rings (SSSR count). The van der Waals surface area contributed by atoms with Gasteiger partial charge in [0.15, 0.2) is 0 Å². The molecule has 13 heavy (non-hydrogen) atoms. The van der Waals surface area contributed by atoms with E-state index in [-0.39, 0.29) is 0 Å². The second kappa shape index (κ2) is 4.40. The summed E-state index contributed by atoms with van der Waals surface area (Å²) in [7, 11) is 1.78.